The van der Waals surface area contributed by atoms with Crippen LogP contribution in [0, 0.1) is 12.7 Å². The number of nitrogens with one attached hydrogen (secondary N) is 1. The lowest BCUT2D eigenvalue weighted by molar-refractivity contribution is -0.120. The Bertz CT molecular complexity index is 747. The van der Waals surface area contributed by atoms with Crippen molar-refractivity contribution in [1.29, 1.82) is 0 Å². The number of rotatable bonds is 4. The van der Waals surface area contributed by atoms with E-state index in [0.717, 1.165) is 49.5 Å². The second kappa shape index (κ2) is 8.32. The zero-order valence-corrected chi connectivity index (χ0v) is 15.4. The number of amides is 1. The molecule has 0 aliphatic carbocycles. The van der Waals surface area contributed by atoms with Crippen LogP contribution < -0.4 is 10.2 Å². The van der Waals surface area contributed by atoms with E-state index in [1.165, 1.54) is 12.1 Å². The number of carbonyl (C=O) groups is 1. The number of benzene rings is 2. The molecule has 26 heavy (non-hydrogen) atoms. The average molecular weight is 355 g/mol. The Balaban J connectivity index is 1.59. The topological polar surface area (TPSA) is 35.6 Å². The molecule has 2 aromatic carbocycles. The maximum Gasteiger partial charge on any atom is 0.241 e. The van der Waals surface area contributed by atoms with E-state index in [9.17, 15) is 9.18 Å². The van der Waals surface area contributed by atoms with Gasteiger partial charge in [-0.25, -0.2) is 4.39 Å². The monoisotopic (exact) mass is 355 g/mol. The average Bonchev–Trinajstić information content (AvgIpc) is 2.88. The molecule has 0 saturated carbocycles. The van der Waals surface area contributed by atoms with Gasteiger partial charge in [0.25, 0.3) is 0 Å². The number of carbonyl (C=O) groups excluding carboxylic acids is 1. The predicted octanol–water partition coefficient (Wildman–Crippen LogP) is 3.67. The van der Waals surface area contributed by atoms with Crippen molar-refractivity contribution < 1.29 is 9.18 Å². The fourth-order valence-electron chi connectivity index (χ4n) is 3.37. The van der Waals surface area contributed by atoms with Gasteiger partial charge in [0.2, 0.25) is 5.91 Å². The highest BCUT2D eigenvalue weighted by Crippen LogP contribution is 2.18. The second-order valence-electron chi connectivity index (χ2n) is 6.89. The quantitative estimate of drug-likeness (QED) is 0.909. The highest BCUT2D eigenvalue weighted by Gasteiger charge is 2.24. The molecule has 1 aliphatic heterocycles. The maximum atomic E-state index is 13.1. The largest absolute Gasteiger partial charge is 0.370 e. The van der Waals surface area contributed by atoms with Crippen LogP contribution in [0.1, 0.15) is 18.9 Å². The summed E-state index contributed by atoms with van der Waals surface area (Å²) in [6.07, 6.45) is 0.972. The fourth-order valence-corrected chi connectivity index (χ4v) is 3.37. The summed E-state index contributed by atoms with van der Waals surface area (Å²) in [5.74, 6) is -0.197. The van der Waals surface area contributed by atoms with Gasteiger partial charge in [-0.15, -0.1) is 0 Å². The van der Waals surface area contributed by atoms with Gasteiger partial charge in [-0.05, 0) is 62.2 Å². The fraction of sp³-hybridized carbons (Fsp3) is 0.381. The van der Waals surface area contributed by atoms with Crippen LogP contribution in [0.3, 0.4) is 0 Å². The molecule has 3 rings (SSSR count). The van der Waals surface area contributed by atoms with Crippen molar-refractivity contribution in [2.45, 2.75) is 26.3 Å². The zero-order valence-electron chi connectivity index (χ0n) is 15.4. The molecule has 1 saturated heterocycles. The summed E-state index contributed by atoms with van der Waals surface area (Å²) in [4.78, 5) is 17.1. The van der Waals surface area contributed by atoms with Crippen LogP contribution in [-0.4, -0.2) is 43.0 Å². The van der Waals surface area contributed by atoms with Crippen molar-refractivity contribution in [3.05, 3.63) is 59.9 Å². The van der Waals surface area contributed by atoms with E-state index in [1.54, 1.807) is 0 Å². The van der Waals surface area contributed by atoms with Crippen LogP contribution in [0.2, 0.25) is 0 Å². The summed E-state index contributed by atoms with van der Waals surface area (Å²) in [6, 6.07) is 14.3. The summed E-state index contributed by atoms with van der Waals surface area (Å²) in [6.45, 7) is 7.39. The highest BCUT2D eigenvalue weighted by molar-refractivity contribution is 5.94. The van der Waals surface area contributed by atoms with Gasteiger partial charge < -0.3 is 10.2 Å². The van der Waals surface area contributed by atoms with E-state index in [1.807, 2.05) is 50.2 Å². The Morgan fingerprint density at radius 3 is 2.58 bits per heavy atom. The number of hydrogen-bond acceptors (Lipinski definition) is 3. The molecule has 0 bridgehead atoms. The molecule has 1 heterocycles. The SMILES string of the molecule is Cc1cccc(NC(=O)C(C)N2CCCN(c3ccc(F)cc3)CC2)c1. The standard InChI is InChI=1S/C21H26FN3O/c1-16-5-3-6-19(15-16)23-21(26)17(2)24-11-4-12-25(14-13-24)20-9-7-18(22)8-10-20/h3,5-10,15,17H,4,11-14H2,1-2H3,(H,23,26). The molecule has 5 heteroatoms. The molecule has 1 fully saturated rings. The van der Waals surface area contributed by atoms with Gasteiger partial charge in [-0.3, -0.25) is 9.69 Å². The van der Waals surface area contributed by atoms with Crippen LogP contribution in [0.25, 0.3) is 0 Å². The van der Waals surface area contributed by atoms with Gasteiger partial charge in [0.15, 0.2) is 0 Å². The normalized spacial score (nSPS) is 16.8. The molecule has 2 aromatic rings. The van der Waals surface area contributed by atoms with E-state index in [2.05, 4.69) is 15.1 Å². The Hall–Kier alpha value is -2.40. The minimum absolute atomic E-state index is 0.0193. The first-order valence-corrected chi connectivity index (χ1v) is 9.15. The van der Waals surface area contributed by atoms with E-state index >= 15 is 0 Å². The van der Waals surface area contributed by atoms with Crippen LogP contribution in [0.4, 0.5) is 15.8 Å². The van der Waals surface area contributed by atoms with Crippen molar-refractivity contribution in [3.63, 3.8) is 0 Å². The second-order valence-corrected chi connectivity index (χ2v) is 6.89. The van der Waals surface area contributed by atoms with Gasteiger partial charge in [0, 0.05) is 37.6 Å². The summed E-state index contributed by atoms with van der Waals surface area (Å²) in [5.41, 5.74) is 3.00. The molecule has 1 amide bonds. The molecule has 1 unspecified atom stereocenters. The third kappa shape index (κ3) is 4.61. The molecule has 0 aromatic heterocycles. The van der Waals surface area contributed by atoms with Gasteiger partial charge in [-0.1, -0.05) is 12.1 Å². The zero-order chi connectivity index (χ0) is 18.5. The predicted molar refractivity (Wildman–Crippen MR) is 104 cm³/mol. The Morgan fingerprint density at radius 1 is 1.08 bits per heavy atom. The molecule has 1 aliphatic rings. The minimum Gasteiger partial charge on any atom is -0.370 e. The summed E-state index contributed by atoms with van der Waals surface area (Å²) in [5, 5.41) is 3.01. The van der Waals surface area contributed by atoms with E-state index in [0.29, 0.717) is 0 Å². The van der Waals surface area contributed by atoms with Gasteiger partial charge in [-0.2, -0.15) is 0 Å². The van der Waals surface area contributed by atoms with E-state index in [4.69, 9.17) is 0 Å². The highest BCUT2D eigenvalue weighted by atomic mass is 19.1. The molecule has 4 nitrogen and oxygen atoms in total. The van der Waals surface area contributed by atoms with Crippen molar-refractivity contribution >= 4 is 17.3 Å². The third-order valence-electron chi connectivity index (χ3n) is 4.94. The van der Waals surface area contributed by atoms with Gasteiger partial charge >= 0.3 is 0 Å². The maximum absolute atomic E-state index is 13.1. The smallest absolute Gasteiger partial charge is 0.241 e. The Morgan fingerprint density at radius 2 is 1.85 bits per heavy atom. The molecule has 1 N–H and O–H groups in total. The number of hydrogen-bond donors (Lipinski definition) is 1. The van der Waals surface area contributed by atoms with Crippen LogP contribution in [0.5, 0.6) is 0 Å². The molecule has 138 valence electrons. The van der Waals surface area contributed by atoms with Gasteiger partial charge in [0.1, 0.15) is 5.82 Å². The Labute approximate surface area is 154 Å². The van der Waals surface area contributed by atoms with Crippen LogP contribution >= 0.6 is 0 Å². The minimum atomic E-state index is -0.216. The first-order chi connectivity index (χ1) is 12.5. The summed E-state index contributed by atoms with van der Waals surface area (Å²) < 4.78 is 13.1. The molecular weight excluding hydrogens is 329 g/mol. The summed E-state index contributed by atoms with van der Waals surface area (Å²) >= 11 is 0. The number of nitrogens with zero attached hydrogens (tertiary/aromatic N) is 2. The molecule has 1 atom stereocenters. The Kier molecular flexibility index (Phi) is 5.89. The van der Waals surface area contributed by atoms with E-state index < -0.39 is 0 Å². The lowest BCUT2D eigenvalue weighted by atomic mass is 10.2. The number of halogens is 1. The van der Waals surface area contributed by atoms with Gasteiger partial charge in [0.05, 0.1) is 6.04 Å². The van der Waals surface area contributed by atoms with Crippen molar-refractivity contribution in [1.82, 2.24) is 4.90 Å². The first kappa shape index (κ1) is 18.4. The lowest BCUT2D eigenvalue weighted by Crippen LogP contribution is -2.43. The van der Waals surface area contributed by atoms with Crippen molar-refractivity contribution in [2.75, 3.05) is 36.4 Å². The number of anilines is 2. The lowest BCUT2D eigenvalue weighted by Gasteiger charge is -2.27. The summed E-state index contributed by atoms with van der Waals surface area (Å²) in [7, 11) is 0. The molecule has 0 spiro atoms. The third-order valence-corrected chi connectivity index (χ3v) is 4.94. The first-order valence-electron chi connectivity index (χ1n) is 9.15. The van der Waals surface area contributed by atoms with Crippen molar-refractivity contribution in [2.24, 2.45) is 0 Å². The van der Waals surface area contributed by atoms with Crippen LogP contribution in [0.15, 0.2) is 48.5 Å². The van der Waals surface area contributed by atoms with Crippen molar-refractivity contribution in [3.8, 4) is 0 Å². The van der Waals surface area contributed by atoms with E-state index in [-0.39, 0.29) is 17.8 Å². The molecule has 0 radical (unpaired) electrons. The number of aryl methyl sites for hydroxylation is 1. The van der Waals surface area contributed by atoms with Crippen LogP contribution in [-0.2, 0) is 4.79 Å². The molecular formula is C21H26FN3O.